The standard InChI is InChI=1S/C14H13BrN2O/c15-9-11-2-1-3-12(8-11)10-17-14(18)13-4-6-16-7-5-13/h1-8H,9-10H2,(H,17,18). The number of aromatic nitrogens is 1. The highest BCUT2D eigenvalue weighted by molar-refractivity contribution is 9.08. The Labute approximate surface area is 114 Å². The number of carbonyl (C=O) groups excluding carboxylic acids is 1. The van der Waals surface area contributed by atoms with Crippen molar-refractivity contribution in [3.8, 4) is 0 Å². The highest BCUT2D eigenvalue weighted by atomic mass is 79.9. The summed E-state index contributed by atoms with van der Waals surface area (Å²) in [7, 11) is 0. The highest BCUT2D eigenvalue weighted by Gasteiger charge is 2.04. The van der Waals surface area contributed by atoms with Crippen LogP contribution in [0.1, 0.15) is 21.5 Å². The van der Waals surface area contributed by atoms with E-state index in [4.69, 9.17) is 0 Å². The fraction of sp³-hybridized carbons (Fsp3) is 0.143. The van der Waals surface area contributed by atoms with Crippen molar-refractivity contribution in [2.75, 3.05) is 0 Å². The third kappa shape index (κ3) is 3.40. The first kappa shape index (κ1) is 12.8. The summed E-state index contributed by atoms with van der Waals surface area (Å²) in [6.07, 6.45) is 3.22. The molecule has 0 radical (unpaired) electrons. The van der Waals surface area contributed by atoms with E-state index in [9.17, 15) is 4.79 Å². The molecule has 3 nitrogen and oxygen atoms in total. The molecule has 0 saturated heterocycles. The molecule has 1 heterocycles. The number of alkyl halides is 1. The Morgan fingerprint density at radius 1 is 1.17 bits per heavy atom. The number of nitrogens with one attached hydrogen (secondary N) is 1. The normalized spacial score (nSPS) is 10.1. The third-order valence-corrected chi connectivity index (χ3v) is 3.19. The number of amides is 1. The lowest BCUT2D eigenvalue weighted by Gasteiger charge is -2.06. The summed E-state index contributed by atoms with van der Waals surface area (Å²) in [6, 6.07) is 11.5. The molecule has 0 aliphatic carbocycles. The van der Waals surface area contributed by atoms with E-state index in [0.717, 1.165) is 10.9 Å². The van der Waals surface area contributed by atoms with Gasteiger partial charge >= 0.3 is 0 Å². The molecule has 18 heavy (non-hydrogen) atoms. The molecule has 2 aromatic rings. The molecule has 2 rings (SSSR count). The van der Waals surface area contributed by atoms with E-state index in [1.54, 1.807) is 24.5 Å². The molecule has 0 atom stereocenters. The molecule has 0 spiro atoms. The third-order valence-electron chi connectivity index (χ3n) is 2.54. The first-order valence-corrected chi connectivity index (χ1v) is 6.74. The Morgan fingerprint density at radius 3 is 2.61 bits per heavy atom. The predicted octanol–water partition coefficient (Wildman–Crippen LogP) is 2.91. The molecule has 0 unspecified atom stereocenters. The van der Waals surface area contributed by atoms with Gasteiger partial charge in [-0.1, -0.05) is 40.2 Å². The maximum absolute atomic E-state index is 11.8. The lowest BCUT2D eigenvalue weighted by Crippen LogP contribution is -2.22. The Hall–Kier alpha value is -1.68. The van der Waals surface area contributed by atoms with Gasteiger partial charge < -0.3 is 5.32 Å². The van der Waals surface area contributed by atoms with Gasteiger partial charge in [-0.05, 0) is 23.3 Å². The van der Waals surface area contributed by atoms with Crippen LogP contribution in [0.4, 0.5) is 0 Å². The fourth-order valence-electron chi connectivity index (χ4n) is 1.61. The topological polar surface area (TPSA) is 42.0 Å². The van der Waals surface area contributed by atoms with E-state index in [1.165, 1.54) is 5.56 Å². The van der Waals surface area contributed by atoms with Gasteiger partial charge in [-0.2, -0.15) is 0 Å². The molecule has 0 aliphatic heterocycles. The molecule has 1 aromatic heterocycles. The van der Waals surface area contributed by atoms with Crippen LogP contribution in [0.2, 0.25) is 0 Å². The van der Waals surface area contributed by atoms with E-state index in [1.807, 2.05) is 18.2 Å². The Kier molecular flexibility index (Phi) is 4.47. The van der Waals surface area contributed by atoms with E-state index in [2.05, 4.69) is 32.3 Å². The second-order valence-electron chi connectivity index (χ2n) is 3.87. The molecule has 4 heteroatoms. The van der Waals surface area contributed by atoms with Crippen LogP contribution < -0.4 is 5.32 Å². The Morgan fingerprint density at radius 2 is 1.89 bits per heavy atom. The summed E-state index contributed by atoms with van der Waals surface area (Å²) in [5.41, 5.74) is 2.92. The van der Waals surface area contributed by atoms with Gasteiger partial charge in [-0.3, -0.25) is 9.78 Å². The minimum atomic E-state index is -0.0818. The van der Waals surface area contributed by atoms with Crippen molar-refractivity contribution in [3.63, 3.8) is 0 Å². The van der Waals surface area contributed by atoms with Crippen molar-refractivity contribution in [2.45, 2.75) is 11.9 Å². The molecular formula is C14H13BrN2O. The minimum absolute atomic E-state index is 0.0818. The first-order chi connectivity index (χ1) is 8.79. The average molecular weight is 305 g/mol. The Bertz CT molecular complexity index is 528. The van der Waals surface area contributed by atoms with Crippen molar-refractivity contribution in [2.24, 2.45) is 0 Å². The molecule has 1 amide bonds. The maximum Gasteiger partial charge on any atom is 0.251 e. The van der Waals surface area contributed by atoms with Crippen molar-refractivity contribution >= 4 is 21.8 Å². The Balaban J connectivity index is 1.97. The monoisotopic (exact) mass is 304 g/mol. The molecule has 1 aromatic carbocycles. The summed E-state index contributed by atoms with van der Waals surface area (Å²) in [6.45, 7) is 0.530. The van der Waals surface area contributed by atoms with Crippen molar-refractivity contribution < 1.29 is 4.79 Å². The van der Waals surface area contributed by atoms with Crippen LogP contribution in [0, 0.1) is 0 Å². The largest absolute Gasteiger partial charge is 0.348 e. The van der Waals surface area contributed by atoms with Gasteiger partial charge in [-0.15, -0.1) is 0 Å². The number of halogens is 1. The maximum atomic E-state index is 11.8. The van der Waals surface area contributed by atoms with E-state index in [0.29, 0.717) is 12.1 Å². The van der Waals surface area contributed by atoms with Crippen LogP contribution in [-0.4, -0.2) is 10.9 Å². The number of hydrogen-bond acceptors (Lipinski definition) is 2. The van der Waals surface area contributed by atoms with Crippen molar-refractivity contribution in [3.05, 3.63) is 65.5 Å². The molecule has 1 N–H and O–H groups in total. The van der Waals surface area contributed by atoms with Gasteiger partial charge in [-0.25, -0.2) is 0 Å². The van der Waals surface area contributed by atoms with Crippen LogP contribution in [0.5, 0.6) is 0 Å². The molecule has 0 saturated carbocycles. The van der Waals surface area contributed by atoms with Crippen LogP contribution in [-0.2, 0) is 11.9 Å². The number of rotatable bonds is 4. The van der Waals surface area contributed by atoms with Crippen molar-refractivity contribution in [1.29, 1.82) is 0 Å². The van der Waals surface area contributed by atoms with Gasteiger partial charge in [0, 0.05) is 29.8 Å². The molecular weight excluding hydrogens is 292 g/mol. The number of carbonyl (C=O) groups is 1. The van der Waals surface area contributed by atoms with Gasteiger partial charge in [0.25, 0.3) is 5.91 Å². The number of benzene rings is 1. The molecule has 92 valence electrons. The molecule has 0 fully saturated rings. The van der Waals surface area contributed by atoms with Gasteiger partial charge in [0.1, 0.15) is 0 Å². The smallest absolute Gasteiger partial charge is 0.251 e. The van der Waals surface area contributed by atoms with Crippen LogP contribution >= 0.6 is 15.9 Å². The number of pyridine rings is 1. The SMILES string of the molecule is O=C(NCc1cccc(CBr)c1)c1ccncc1. The lowest BCUT2D eigenvalue weighted by atomic mass is 10.1. The van der Waals surface area contributed by atoms with E-state index < -0.39 is 0 Å². The zero-order chi connectivity index (χ0) is 12.8. The minimum Gasteiger partial charge on any atom is -0.348 e. The zero-order valence-electron chi connectivity index (χ0n) is 9.77. The highest BCUT2D eigenvalue weighted by Crippen LogP contribution is 2.08. The van der Waals surface area contributed by atoms with E-state index >= 15 is 0 Å². The lowest BCUT2D eigenvalue weighted by molar-refractivity contribution is 0.0951. The van der Waals surface area contributed by atoms with Crippen LogP contribution in [0.25, 0.3) is 0 Å². The second-order valence-corrected chi connectivity index (χ2v) is 4.43. The zero-order valence-corrected chi connectivity index (χ0v) is 11.4. The second kappa shape index (κ2) is 6.31. The first-order valence-electron chi connectivity index (χ1n) is 5.61. The number of nitrogens with zero attached hydrogens (tertiary/aromatic N) is 1. The fourth-order valence-corrected chi connectivity index (χ4v) is 1.96. The summed E-state index contributed by atoms with van der Waals surface area (Å²) in [5.74, 6) is -0.0818. The summed E-state index contributed by atoms with van der Waals surface area (Å²) in [5, 5.41) is 3.70. The predicted molar refractivity (Wildman–Crippen MR) is 74.5 cm³/mol. The van der Waals surface area contributed by atoms with Gasteiger partial charge in [0.15, 0.2) is 0 Å². The average Bonchev–Trinajstić information content (AvgIpc) is 2.46. The summed E-state index contributed by atoms with van der Waals surface area (Å²) >= 11 is 3.41. The van der Waals surface area contributed by atoms with Gasteiger partial charge in [0.2, 0.25) is 0 Å². The van der Waals surface area contributed by atoms with Crippen LogP contribution in [0.3, 0.4) is 0 Å². The summed E-state index contributed by atoms with van der Waals surface area (Å²) in [4.78, 5) is 15.7. The quantitative estimate of drug-likeness (QED) is 0.883. The van der Waals surface area contributed by atoms with Crippen molar-refractivity contribution in [1.82, 2.24) is 10.3 Å². The number of hydrogen-bond donors (Lipinski definition) is 1. The van der Waals surface area contributed by atoms with Crippen LogP contribution in [0.15, 0.2) is 48.8 Å². The molecule has 0 aliphatic rings. The van der Waals surface area contributed by atoms with Gasteiger partial charge in [0.05, 0.1) is 0 Å². The van der Waals surface area contributed by atoms with E-state index in [-0.39, 0.29) is 5.91 Å². The summed E-state index contributed by atoms with van der Waals surface area (Å²) < 4.78 is 0. The molecule has 0 bridgehead atoms.